The molecule has 0 amide bonds. The number of anilines is 2. The SMILES string of the molecule is CCc1cccc2cccc(N3CCc4c(nc(OCC56CCCN5CCC6)nc4N4CC5CCC(C4)N5)C3)c12.CP. The van der Waals surface area contributed by atoms with Crippen LogP contribution in [-0.4, -0.2) is 78.5 Å². The van der Waals surface area contributed by atoms with E-state index in [-0.39, 0.29) is 5.54 Å². The third-order valence-corrected chi connectivity index (χ3v) is 10.5. The number of hydrogen-bond acceptors (Lipinski definition) is 7. The molecule has 8 rings (SSSR count). The number of benzene rings is 2. The van der Waals surface area contributed by atoms with E-state index < -0.39 is 0 Å². The number of aromatic nitrogens is 2. The van der Waals surface area contributed by atoms with Gasteiger partial charge in [0.05, 0.1) is 17.8 Å². The van der Waals surface area contributed by atoms with Gasteiger partial charge in [0.2, 0.25) is 0 Å². The van der Waals surface area contributed by atoms with Gasteiger partial charge < -0.3 is 19.9 Å². The van der Waals surface area contributed by atoms with Gasteiger partial charge in [0.1, 0.15) is 12.4 Å². The first kappa shape index (κ1) is 28.3. The quantitative estimate of drug-likeness (QED) is 0.399. The van der Waals surface area contributed by atoms with Crippen molar-refractivity contribution in [2.45, 2.75) is 82.5 Å². The second-order valence-corrected chi connectivity index (χ2v) is 12.8. The molecular weight excluding hydrogens is 539 g/mol. The first-order valence-electron chi connectivity index (χ1n) is 16.3. The van der Waals surface area contributed by atoms with E-state index in [0.717, 1.165) is 50.5 Å². The molecule has 5 aliphatic heterocycles. The van der Waals surface area contributed by atoms with Crippen molar-refractivity contribution in [3.63, 3.8) is 0 Å². The van der Waals surface area contributed by atoms with Crippen LogP contribution in [0.25, 0.3) is 10.8 Å². The van der Waals surface area contributed by atoms with Gasteiger partial charge in [-0.3, -0.25) is 4.90 Å². The molecule has 0 aliphatic carbocycles. The lowest BCUT2D eigenvalue weighted by molar-refractivity contribution is 0.107. The highest BCUT2D eigenvalue weighted by Gasteiger charge is 2.45. The van der Waals surface area contributed by atoms with Crippen molar-refractivity contribution in [1.29, 1.82) is 0 Å². The normalized spacial score (nSPS) is 24.4. The van der Waals surface area contributed by atoms with Crippen molar-refractivity contribution < 1.29 is 4.74 Å². The molecule has 2 aromatic carbocycles. The summed E-state index contributed by atoms with van der Waals surface area (Å²) in [4.78, 5) is 18.1. The van der Waals surface area contributed by atoms with E-state index in [2.05, 4.69) is 72.6 Å². The molecule has 0 radical (unpaired) electrons. The van der Waals surface area contributed by atoms with Gasteiger partial charge in [-0.1, -0.05) is 43.9 Å². The van der Waals surface area contributed by atoms with Gasteiger partial charge in [-0.15, -0.1) is 9.24 Å². The van der Waals surface area contributed by atoms with Crippen LogP contribution in [0.5, 0.6) is 6.01 Å². The maximum absolute atomic E-state index is 6.58. The molecule has 3 unspecified atom stereocenters. The van der Waals surface area contributed by atoms with Crippen molar-refractivity contribution in [2.75, 3.05) is 55.8 Å². The number of aryl methyl sites for hydroxylation is 1. The van der Waals surface area contributed by atoms with Gasteiger partial charge in [0, 0.05) is 48.4 Å². The molecule has 3 aromatic rings. The Balaban J connectivity index is 0.00000141. The first-order chi connectivity index (χ1) is 20.7. The Labute approximate surface area is 253 Å². The van der Waals surface area contributed by atoms with Crippen molar-refractivity contribution >= 4 is 31.5 Å². The van der Waals surface area contributed by atoms with E-state index in [0.29, 0.717) is 24.7 Å². The monoisotopic (exact) mass is 586 g/mol. The van der Waals surface area contributed by atoms with E-state index >= 15 is 0 Å². The van der Waals surface area contributed by atoms with Gasteiger partial charge in [0.25, 0.3) is 0 Å². The highest BCUT2D eigenvalue weighted by Crippen LogP contribution is 2.40. The minimum Gasteiger partial charge on any atom is -0.461 e. The molecule has 224 valence electrons. The highest BCUT2D eigenvalue weighted by atomic mass is 31.0. The van der Waals surface area contributed by atoms with E-state index in [9.17, 15) is 0 Å². The molecule has 0 saturated carbocycles. The average Bonchev–Trinajstić information content (AvgIpc) is 3.73. The summed E-state index contributed by atoms with van der Waals surface area (Å²) in [6, 6.07) is 15.2. The molecule has 4 fully saturated rings. The maximum Gasteiger partial charge on any atom is 0.318 e. The number of ether oxygens (including phenoxy) is 1. The van der Waals surface area contributed by atoms with Crippen molar-refractivity contribution in [3.05, 3.63) is 53.2 Å². The standard InChI is InChI=1S/C33H42N6O.CH5P/c1-2-23-7-3-8-24-9-4-10-29(30(23)24)37-18-13-27-28(21-37)35-32(40-22-33-14-5-16-39(33)17-6-15-33)36-31(27)38-19-25-11-12-26(20-38)34-25;1-2/h3-4,7-10,25-26,34H,2,5-6,11-22H2,1H3;2H2,1H3. The Morgan fingerprint density at radius 3 is 2.43 bits per heavy atom. The Morgan fingerprint density at radius 2 is 1.69 bits per heavy atom. The van der Waals surface area contributed by atoms with Crippen molar-refractivity contribution in [3.8, 4) is 6.01 Å². The van der Waals surface area contributed by atoms with Crippen LogP contribution < -0.4 is 19.9 Å². The van der Waals surface area contributed by atoms with Gasteiger partial charge in [0.15, 0.2) is 0 Å². The van der Waals surface area contributed by atoms with Crippen LogP contribution in [0.15, 0.2) is 36.4 Å². The van der Waals surface area contributed by atoms with Crippen LogP contribution in [0.2, 0.25) is 0 Å². The summed E-state index contributed by atoms with van der Waals surface area (Å²) in [5.41, 5.74) is 5.42. The molecule has 0 spiro atoms. The molecule has 8 heteroatoms. The van der Waals surface area contributed by atoms with Gasteiger partial charge in [-0.25, -0.2) is 0 Å². The topological polar surface area (TPSA) is 56.8 Å². The van der Waals surface area contributed by atoms with Crippen LogP contribution in [-0.2, 0) is 19.4 Å². The Morgan fingerprint density at radius 1 is 0.952 bits per heavy atom. The average molecular weight is 587 g/mol. The number of rotatable bonds is 6. The summed E-state index contributed by atoms with van der Waals surface area (Å²) in [6.07, 6.45) is 9.57. The summed E-state index contributed by atoms with van der Waals surface area (Å²) in [7, 11) is 2.42. The maximum atomic E-state index is 6.58. The molecule has 6 heterocycles. The number of nitrogens with one attached hydrogen (secondary N) is 1. The molecule has 2 bridgehead atoms. The predicted octanol–water partition coefficient (Wildman–Crippen LogP) is 5.19. The number of nitrogens with zero attached hydrogens (tertiary/aromatic N) is 5. The van der Waals surface area contributed by atoms with Crippen molar-refractivity contribution in [2.24, 2.45) is 0 Å². The molecule has 1 N–H and O–H groups in total. The van der Waals surface area contributed by atoms with Crippen LogP contribution in [0.3, 0.4) is 0 Å². The van der Waals surface area contributed by atoms with Crippen LogP contribution in [0.4, 0.5) is 11.5 Å². The summed E-state index contributed by atoms with van der Waals surface area (Å²) in [6.45, 7) is 11.2. The Kier molecular flexibility index (Phi) is 8.02. The second kappa shape index (κ2) is 11.9. The largest absolute Gasteiger partial charge is 0.461 e. The van der Waals surface area contributed by atoms with E-state index in [1.807, 2.05) is 6.66 Å². The lowest BCUT2D eigenvalue weighted by Crippen LogP contribution is -2.52. The first-order valence-corrected chi connectivity index (χ1v) is 17.5. The lowest BCUT2D eigenvalue weighted by Gasteiger charge is -2.38. The van der Waals surface area contributed by atoms with Gasteiger partial charge >= 0.3 is 6.01 Å². The van der Waals surface area contributed by atoms with Crippen LogP contribution >= 0.6 is 9.24 Å². The summed E-state index contributed by atoms with van der Waals surface area (Å²) in [5.74, 6) is 1.14. The highest BCUT2D eigenvalue weighted by molar-refractivity contribution is 7.15. The van der Waals surface area contributed by atoms with Crippen LogP contribution in [0.1, 0.15) is 62.3 Å². The minimum atomic E-state index is 0.194. The van der Waals surface area contributed by atoms with Gasteiger partial charge in [-0.2, -0.15) is 9.97 Å². The second-order valence-electron chi connectivity index (χ2n) is 12.8. The number of piperazine rings is 1. The Hall–Kier alpha value is -2.47. The van der Waals surface area contributed by atoms with Crippen LogP contribution in [0, 0.1) is 0 Å². The number of hydrogen-bond donors (Lipinski definition) is 1. The zero-order chi connectivity index (χ0) is 28.7. The third kappa shape index (κ3) is 5.06. The molecule has 7 nitrogen and oxygen atoms in total. The molecule has 4 saturated heterocycles. The summed E-state index contributed by atoms with van der Waals surface area (Å²) < 4.78 is 6.58. The molecule has 1 aromatic heterocycles. The summed E-state index contributed by atoms with van der Waals surface area (Å²) >= 11 is 0. The zero-order valence-corrected chi connectivity index (χ0v) is 26.6. The number of fused-ring (bicyclic) bond motifs is 5. The minimum absolute atomic E-state index is 0.194. The van der Waals surface area contributed by atoms with E-state index in [1.54, 1.807) is 0 Å². The third-order valence-electron chi connectivity index (χ3n) is 10.5. The fourth-order valence-electron chi connectivity index (χ4n) is 8.51. The predicted molar refractivity (Wildman–Crippen MR) is 176 cm³/mol. The van der Waals surface area contributed by atoms with E-state index in [1.165, 1.54) is 79.2 Å². The fourth-order valence-corrected chi connectivity index (χ4v) is 8.51. The lowest BCUT2D eigenvalue weighted by atomic mass is 9.95. The van der Waals surface area contributed by atoms with Gasteiger partial charge in [-0.05, 0) is 81.5 Å². The molecule has 5 aliphatic rings. The Bertz CT molecular complexity index is 1400. The molecular formula is C34H47N6OP. The molecule has 42 heavy (non-hydrogen) atoms. The van der Waals surface area contributed by atoms with E-state index in [4.69, 9.17) is 14.7 Å². The zero-order valence-electron chi connectivity index (χ0n) is 25.4. The molecule has 3 atom stereocenters. The van der Waals surface area contributed by atoms with Crippen molar-refractivity contribution in [1.82, 2.24) is 20.2 Å². The fraction of sp³-hybridized carbons (Fsp3) is 0.588. The summed E-state index contributed by atoms with van der Waals surface area (Å²) in [5, 5.41) is 6.51. The smallest absolute Gasteiger partial charge is 0.318 e.